The lowest BCUT2D eigenvalue weighted by Gasteiger charge is -2.22. The summed E-state index contributed by atoms with van der Waals surface area (Å²) in [5, 5.41) is 5.09. The molecule has 0 aromatic heterocycles. The van der Waals surface area contributed by atoms with Crippen LogP contribution in [0.2, 0.25) is 0 Å². The van der Waals surface area contributed by atoms with Crippen LogP contribution in [-0.2, 0) is 19.1 Å². The van der Waals surface area contributed by atoms with E-state index in [0.717, 1.165) is 0 Å². The molecule has 0 spiro atoms. The lowest BCUT2D eigenvalue weighted by molar-refractivity contribution is -0.151. The molecule has 6 heteroatoms. The normalized spacial score (nSPS) is 13.2. The number of hydrogen-bond acceptors (Lipinski definition) is 4. The van der Waals surface area contributed by atoms with Crippen molar-refractivity contribution in [1.29, 1.82) is 0 Å². The Bertz CT molecular complexity index is 274. The maximum Gasteiger partial charge on any atom is 0.252 e. The third-order valence-corrected chi connectivity index (χ3v) is 2.14. The fourth-order valence-electron chi connectivity index (χ4n) is 1.28. The molecule has 0 aliphatic heterocycles. The van der Waals surface area contributed by atoms with Gasteiger partial charge in [-0.05, 0) is 0 Å². The van der Waals surface area contributed by atoms with Gasteiger partial charge in [0.1, 0.15) is 0 Å². The van der Waals surface area contributed by atoms with E-state index in [1.54, 1.807) is 0 Å². The van der Waals surface area contributed by atoms with E-state index in [1.165, 1.54) is 26.4 Å². The number of carbonyl (C=O) groups is 2. The first-order chi connectivity index (χ1) is 8.62. The summed E-state index contributed by atoms with van der Waals surface area (Å²) in [6, 6.07) is 0. The van der Waals surface area contributed by atoms with Crippen molar-refractivity contribution >= 4 is 11.8 Å². The molecule has 0 aromatic rings. The van der Waals surface area contributed by atoms with Crippen molar-refractivity contribution in [1.82, 2.24) is 10.6 Å². The molecule has 0 rings (SSSR count). The van der Waals surface area contributed by atoms with E-state index >= 15 is 0 Å². The minimum absolute atomic E-state index is 0.295. The molecule has 0 saturated carbocycles. The zero-order valence-corrected chi connectivity index (χ0v) is 10.8. The molecular weight excluding hydrogens is 236 g/mol. The molecule has 0 bridgehead atoms. The first kappa shape index (κ1) is 16.3. The Kier molecular flexibility index (Phi) is 8.51. The van der Waals surface area contributed by atoms with Crippen molar-refractivity contribution < 1.29 is 19.1 Å². The number of hydrogen-bond donors (Lipinski definition) is 2. The molecule has 0 aromatic carbocycles. The van der Waals surface area contributed by atoms with Crippen molar-refractivity contribution in [2.75, 3.05) is 27.3 Å². The van der Waals surface area contributed by atoms with Gasteiger partial charge >= 0.3 is 0 Å². The van der Waals surface area contributed by atoms with Gasteiger partial charge in [-0.2, -0.15) is 0 Å². The number of rotatable bonds is 9. The average molecular weight is 256 g/mol. The monoisotopic (exact) mass is 256 g/mol. The minimum atomic E-state index is -1.01. The molecule has 18 heavy (non-hydrogen) atoms. The van der Waals surface area contributed by atoms with Crippen LogP contribution in [0.3, 0.4) is 0 Å². The summed E-state index contributed by atoms with van der Waals surface area (Å²) in [4.78, 5) is 23.5. The zero-order valence-electron chi connectivity index (χ0n) is 10.8. The van der Waals surface area contributed by atoms with Crippen LogP contribution in [-0.4, -0.2) is 51.3 Å². The molecule has 102 valence electrons. The number of carbonyl (C=O) groups excluding carboxylic acids is 2. The highest BCUT2D eigenvalue weighted by molar-refractivity contribution is 5.91. The van der Waals surface area contributed by atoms with Crippen molar-refractivity contribution in [3.05, 3.63) is 25.3 Å². The Morgan fingerprint density at radius 1 is 1.00 bits per heavy atom. The van der Waals surface area contributed by atoms with Crippen LogP contribution in [0.25, 0.3) is 0 Å². The Balaban J connectivity index is 4.64. The van der Waals surface area contributed by atoms with Gasteiger partial charge in [0.05, 0.1) is 0 Å². The number of methoxy groups -OCH3 is 2. The van der Waals surface area contributed by atoms with Crippen LogP contribution < -0.4 is 10.6 Å². The molecule has 0 radical (unpaired) electrons. The van der Waals surface area contributed by atoms with Gasteiger partial charge in [0, 0.05) is 27.3 Å². The Morgan fingerprint density at radius 3 is 1.56 bits per heavy atom. The van der Waals surface area contributed by atoms with Gasteiger partial charge in [0.25, 0.3) is 11.8 Å². The summed E-state index contributed by atoms with van der Waals surface area (Å²) < 4.78 is 10.0. The van der Waals surface area contributed by atoms with Crippen LogP contribution in [0.4, 0.5) is 0 Å². The van der Waals surface area contributed by atoms with Crippen LogP contribution in [0.1, 0.15) is 0 Å². The first-order valence-electron chi connectivity index (χ1n) is 5.45. The second-order valence-electron chi connectivity index (χ2n) is 3.38. The van der Waals surface area contributed by atoms with Crippen LogP contribution in [0, 0.1) is 0 Å². The van der Waals surface area contributed by atoms with Crippen molar-refractivity contribution in [3.8, 4) is 0 Å². The molecule has 0 fully saturated rings. The Morgan fingerprint density at radius 2 is 1.33 bits per heavy atom. The predicted octanol–water partition coefficient (Wildman–Crippen LogP) is -0.379. The molecule has 0 saturated heterocycles. The highest BCUT2D eigenvalue weighted by Crippen LogP contribution is 2.03. The van der Waals surface area contributed by atoms with E-state index in [2.05, 4.69) is 23.8 Å². The van der Waals surface area contributed by atoms with Gasteiger partial charge in [0.15, 0.2) is 12.2 Å². The van der Waals surface area contributed by atoms with E-state index in [-0.39, 0.29) is 0 Å². The number of amides is 2. The third kappa shape index (κ3) is 5.11. The molecule has 6 nitrogen and oxygen atoms in total. The standard InChI is InChI=1S/C12H20N2O4/c1-5-7-13-11(15)9(17-3)10(18-4)12(16)14-8-6-2/h5-6,9-10H,1-2,7-8H2,3-4H3,(H,13,15)(H,14,16). The highest BCUT2D eigenvalue weighted by atomic mass is 16.5. The van der Waals surface area contributed by atoms with E-state index in [4.69, 9.17) is 9.47 Å². The summed E-state index contributed by atoms with van der Waals surface area (Å²) >= 11 is 0. The summed E-state index contributed by atoms with van der Waals surface area (Å²) in [5.74, 6) is -0.865. The van der Waals surface area contributed by atoms with Crippen molar-refractivity contribution in [2.45, 2.75) is 12.2 Å². The number of ether oxygens (including phenoxy) is 2. The lowest BCUT2D eigenvalue weighted by Crippen LogP contribution is -2.51. The average Bonchev–Trinajstić information content (AvgIpc) is 2.39. The Hall–Kier alpha value is -1.66. The summed E-state index contributed by atoms with van der Waals surface area (Å²) in [5.41, 5.74) is 0. The molecule has 2 unspecified atom stereocenters. The van der Waals surface area contributed by atoms with Gasteiger partial charge < -0.3 is 20.1 Å². The summed E-state index contributed by atoms with van der Waals surface area (Å²) in [7, 11) is 2.68. The second-order valence-corrected chi connectivity index (χ2v) is 3.38. The second kappa shape index (κ2) is 9.38. The van der Waals surface area contributed by atoms with Gasteiger partial charge in [0.2, 0.25) is 0 Å². The molecule has 2 N–H and O–H groups in total. The fraction of sp³-hybridized carbons (Fsp3) is 0.500. The zero-order chi connectivity index (χ0) is 14.0. The summed E-state index contributed by atoms with van der Waals surface area (Å²) in [6.07, 6.45) is 1.04. The van der Waals surface area contributed by atoms with Gasteiger partial charge in [-0.25, -0.2) is 0 Å². The quantitative estimate of drug-likeness (QED) is 0.551. The molecule has 0 aliphatic rings. The van der Waals surface area contributed by atoms with Crippen molar-refractivity contribution in [3.63, 3.8) is 0 Å². The SMILES string of the molecule is C=CCNC(=O)C(OC)C(OC)C(=O)NCC=C. The first-order valence-corrected chi connectivity index (χ1v) is 5.45. The van der Waals surface area contributed by atoms with Crippen LogP contribution >= 0.6 is 0 Å². The largest absolute Gasteiger partial charge is 0.368 e. The fourth-order valence-corrected chi connectivity index (χ4v) is 1.28. The minimum Gasteiger partial charge on any atom is -0.368 e. The summed E-state index contributed by atoms with van der Waals surface area (Å²) in [6.45, 7) is 7.55. The van der Waals surface area contributed by atoms with Gasteiger partial charge in [-0.1, -0.05) is 12.2 Å². The topological polar surface area (TPSA) is 76.7 Å². The molecule has 0 aliphatic carbocycles. The van der Waals surface area contributed by atoms with Gasteiger partial charge in [-0.3, -0.25) is 9.59 Å². The van der Waals surface area contributed by atoms with E-state index in [1.807, 2.05) is 0 Å². The van der Waals surface area contributed by atoms with Crippen molar-refractivity contribution in [2.24, 2.45) is 0 Å². The van der Waals surface area contributed by atoms with Crippen LogP contribution in [0.5, 0.6) is 0 Å². The number of nitrogens with one attached hydrogen (secondary N) is 2. The van der Waals surface area contributed by atoms with E-state index < -0.39 is 24.0 Å². The smallest absolute Gasteiger partial charge is 0.252 e. The molecule has 2 atom stereocenters. The lowest BCUT2D eigenvalue weighted by atomic mass is 10.1. The van der Waals surface area contributed by atoms with Gasteiger partial charge in [-0.15, -0.1) is 13.2 Å². The maximum atomic E-state index is 11.7. The van der Waals surface area contributed by atoms with E-state index in [9.17, 15) is 9.59 Å². The molecule has 0 heterocycles. The molecular formula is C12H20N2O4. The van der Waals surface area contributed by atoms with E-state index in [0.29, 0.717) is 13.1 Å². The van der Waals surface area contributed by atoms with Crippen LogP contribution in [0.15, 0.2) is 25.3 Å². The predicted molar refractivity (Wildman–Crippen MR) is 68.0 cm³/mol. The molecule has 2 amide bonds. The Labute approximate surface area is 107 Å². The third-order valence-electron chi connectivity index (χ3n) is 2.14. The highest BCUT2D eigenvalue weighted by Gasteiger charge is 2.33. The maximum absolute atomic E-state index is 11.7.